The highest BCUT2D eigenvalue weighted by molar-refractivity contribution is 6.11. The maximum absolute atomic E-state index is 13.0. The van der Waals surface area contributed by atoms with Crippen LogP contribution >= 0.6 is 0 Å². The van der Waals surface area contributed by atoms with Crippen molar-refractivity contribution in [3.8, 4) is 11.5 Å². The summed E-state index contributed by atoms with van der Waals surface area (Å²) in [6.07, 6.45) is 6.59. The molecule has 0 saturated heterocycles. The second-order valence-electron chi connectivity index (χ2n) is 7.67. The van der Waals surface area contributed by atoms with Crippen molar-refractivity contribution in [3.63, 3.8) is 0 Å². The fraction of sp³-hybridized carbons (Fsp3) is 0.409. The van der Waals surface area contributed by atoms with Gasteiger partial charge in [-0.1, -0.05) is 6.07 Å². The number of ether oxygens (including phenoxy) is 2. The summed E-state index contributed by atoms with van der Waals surface area (Å²) in [4.78, 5) is 28.5. The Bertz CT molecular complexity index is 956. The van der Waals surface area contributed by atoms with Gasteiger partial charge < -0.3 is 24.9 Å². The number of Topliss-reactive ketones (excluding diaryl/α,β-unsaturated/α-hetero) is 1. The highest BCUT2D eigenvalue weighted by atomic mass is 16.5. The van der Waals surface area contributed by atoms with Crippen LogP contribution in [0.25, 0.3) is 0 Å². The van der Waals surface area contributed by atoms with Gasteiger partial charge in [0.25, 0.3) is 0 Å². The third kappa shape index (κ3) is 3.70. The number of carboxylic acids is 1. The molecule has 8 heteroatoms. The van der Waals surface area contributed by atoms with E-state index in [2.05, 4.69) is 4.98 Å². The summed E-state index contributed by atoms with van der Waals surface area (Å²) in [6.45, 7) is 0. The molecule has 0 bridgehead atoms. The Hall–Kier alpha value is -3.13. The lowest BCUT2D eigenvalue weighted by molar-refractivity contribution is -0.137. The fourth-order valence-corrected chi connectivity index (χ4v) is 4.33. The molecule has 2 unspecified atom stereocenters. The summed E-state index contributed by atoms with van der Waals surface area (Å²) in [5.41, 5.74) is 0.973. The topological polar surface area (TPSA) is 112 Å². The number of pyridine rings is 1. The number of ketones is 1. The highest BCUT2D eigenvalue weighted by Crippen LogP contribution is 2.41. The molecule has 30 heavy (non-hydrogen) atoms. The van der Waals surface area contributed by atoms with Gasteiger partial charge in [0.1, 0.15) is 0 Å². The SMILES string of the molecule is COc1ccc(C(CC(=O)O)C2C(=O)c3cnccc3N2[O-])cc1OC1CCCC1. The maximum Gasteiger partial charge on any atom is 0.304 e. The normalized spacial score (nSPS) is 19.6. The van der Waals surface area contributed by atoms with E-state index < -0.39 is 23.7 Å². The van der Waals surface area contributed by atoms with Gasteiger partial charge in [0.05, 0.1) is 31.2 Å². The first-order valence-corrected chi connectivity index (χ1v) is 10.0. The first-order valence-electron chi connectivity index (χ1n) is 10.0. The minimum absolute atomic E-state index is 0.0755. The number of anilines is 1. The van der Waals surface area contributed by atoms with E-state index in [-0.39, 0.29) is 23.8 Å². The molecule has 1 aliphatic heterocycles. The van der Waals surface area contributed by atoms with Crippen LogP contribution in [-0.2, 0) is 4.79 Å². The van der Waals surface area contributed by atoms with Crippen molar-refractivity contribution >= 4 is 17.4 Å². The van der Waals surface area contributed by atoms with E-state index in [1.807, 2.05) is 0 Å². The van der Waals surface area contributed by atoms with Crippen LogP contribution in [0.3, 0.4) is 0 Å². The van der Waals surface area contributed by atoms with E-state index in [0.29, 0.717) is 22.1 Å². The van der Waals surface area contributed by atoms with Crippen LogP contribution in [0.15, 0.2) is 36.7 Å². The number of hydrogen-bond acceptors (Lipinski definition) is 7. The Morgan fingerprint density at radius 1 is 1.30 bits per heavy atom. The lowest BCUT2D eigenvalue weighted by atomic mass is 9.86. The van der Waals surface area contributed by atoms with Gasteiger partial charge in [-0.3, -0.25) is 14.6 Å². The first kappa shape index (κ1) is 20.2. The number of methoxy groups -OCH3 is 1. The Morgan fingerprint density at radius 3 is 2.73 bits per heavy atom. The summed E-state index contributed by atoms with van der Waals surface area (Å²) in [7, 11) is 1.54. The summed E-state index contributed by atoms with van der Waals surface area (Å²) >= 11 is 0. The minimum atomic E-state index is -1.17. The quantitative estimate of drug-likeness (QED) is 0.736. The predicted molar refractivity (Wildman–Crippen MR) is 109 cm³/mol. The van der Waals surface area contributed by atoms with Crippen molar-refractivity contribution in [1.82, 2.24) is 4.98 Å². The van der Waals surface area contributed by atoms with Gasteiger partial charge in [0, 0.05) is 24.0 Å². The zero-order chi connectivity index (χ0) is 21.3. The third-order valence-corrected chi connectivity index (χ3v) is 5.81. The number of aromatic nitrogens is 1. The van der Waals surface area contributed by atoms with Gasteiger partial charge in [-0.2, -0.15) is 0 Å². The van der Waals surface area contributed by atoms with Gasteiger partial charge in [-0.15, -0.1) is 0 Å². The lowest BCUT2D eigenvalue weighted by Gasteiger charge is -2.37. The fourth-order valence-electron chi connectivity index (χ4n) is 4.33. The lowest BCUT2D eigenvalue weighted by Crippen LogP contribution is -2.37. The molecule has 1 aromatic heterocycles. The molecule has 0 spiro atoms. The van der Waals surface area contributed by atoms with Crippen molar-refractivity contribution in [2.24, 2.45) is 0 Å². The van der Waals surface area contributed by atoms with Gasteiger partial charge in [-0.05, 0) is 49.4 Å². The number of benzene rings is 1. The number of hydroxylamine groups is 1. The molecule has 4 rings (SSSR count). The smallest absolute Gasteiger partial charge is 0.304 e. The van der Waals surface area contributed by atoms with Crippen LogP contribution in [0.1, 0.15) is 53.9 Å². The van der Waals surface area contributed by atoms with E-state index in [1.165, 1.54) is 25.6 Å². The summed E-state index contributed by atoms with van der Waals surface area (Å²) in [5.74, 6) is -1.34. The molecule has 0 radical (unpaired) electrons. The third-order valence-electron chi connectivity index (χ3n) is 5.81. The molecular weight excluding hydrogens is 388 g/mol. The molecule has 2 heterocycles. The molecule has 2 aliphatic rings. The van der Waals surface area contributed by atoms with Crippen molar-refractivity contribution in [2.45, 2.75) is 50.2 Å². The van der Waals surface area contributed by atoms with Gasteiger partial charge in [-0.25, -0.2) is 0 Å². The molecule has 1 aliphatic carbocycles. The molecule has 1 fully saturated rings. The Balaban J connectivity index is 1.71. The first-order chi connectivity index (χ1) is 14.5. The van der Waals surface area contributed by atoms with E-state index in [4.69, 9.17) is 9.47 Å². The molecular formula is C22H23N2O6-. The van der Waals surface area contributed by atoms with Gasteiger partial charge in [0.15, 0.2) is 17.3 Å². The number of fused-ring (bicyclic) bond motifs is 1. The predicted octanol–water partition coefficient (Wildman–Crippen LogP) is 3.54. The van der Waals surface area contributed by atoms with Crippen LogP contribution in [0.5, 0.6) is 11.5 Å². The number of aliphatic carboxylic acids is 1. The number of rotatable bonds is 7. The molecule has 158 valence electrons. The van der Waals surface area contributed by atoms with E-state index in [0.717, 1.165) is 25.7 Å². The number of nitrogens with zero attached hydrogens (tertiary/aromatic N) is 2. The summed E-state index contributed by atoms with van der Waals surface area (Å²) in [5, 5.41) is 23.0. The molecule has 1 N–H and O–H groups in total. The zero-order valence-electron chi connectivity index (χ0n) is 16.6. The highest BCUT2D eigenvalue weighted by Gasteiger charge is 2.40. The second-order valence-corrected chi connectivity index (χ2v) is 7.67. The molecule has 2 aromatic rings. The number of carbonyl (C=O) groups excluding carboxylic acids is 1. The van der Waals surface area contributed by atoms with Crippen LogP contribution in [-0.4, -0.2) is 41.1 Å². The molecule has 0 amide bonds. The van der Waals surface area contributed by atoms with Crippen molar-refractivity contribution < 1.29 is 24.2 Å². The summed E-state index contributed by atoms with van der Waals surface area (Å²) < 4.78 is 11.5. The van der Waals surface area contributed by atoms with E-state index in [1.54, 1.807) is 18.2 Å². The molecule has 1 saturated carbocycles. The van der Waals surface area contributed by atoms with E-state index in [9.17, 15) is 19.9 Å². The monoisotopic (exact) mass is 411 g/mol. The van der Waals surface area contributed by atoms with Gasteiger partial charge >= 0.3 is 5.97 Å². The average molecular weight is 411 g/mol. The molecule has 2 atom stereocenters. The maximum atomic E-state index is 13.0. The van der Waals surface area contributed by atoms with Crippen LogP contribution in [0.2, 0.25) is 0 Å². The molecule has 8 nitrogen and oxygen atoms in total. The van der Waals surface area contributed by atoms with Crippen LogP contribution in [0, 0.1) is 5.21 Å². The Morgan fingerprint density at radius 2 is 2.07 bits per heavy atom. The van der Waals surface area contributed by atoms with E-state index >= 15 is 0 Å². The Kier molecular flexibility index (Phi) is 5.59. The van der Waals surface area contributed by atoms with Crippen LogP contribution in [0.4, 0.5) is 5.69 Å². The zero-order valence-corrected chi connectivity index (χ0v) is 16.6. The van der Waals surface area contributed by atoms with Crippen molar-refractivity contribution in [2.75, 3.05) is 12.2 Å². The average Bonchev–Trinajstić information content (AvgIpc) is 3.33. The van der Waals surface area contributed by atoms with Crippen molar-refractivity contribution in [1.29, 1.82) is 0 Å². The Labute approximate surface area is 174 Å². The van der Waals surface area contributed by atoms with Crippen LogP contribution < -0.4 is 14.5 Å². The van der Waals surface area contributed by atoms with Crippen molar-refractivity contribution in [3.05, 3.63) is 53.0 Å². The van der Waals surface area contributed by atoms with Gasteiger partial charge in [0.2, 0.25) is 0 Å². The standard InChI is InChI=1S/C22H23N2O6/c1-29-18-7-6-13(10-19(18)30-14-4-2-3-5-14)15(11-20(25)26)21-22(27)16-12-23-9-8-17(16)24(21)28/h6-10,12,14-15,21H,2-5,11H2,1H3,(H,25,26)/q-1. The largest absolute Gasteiger partial charge is 0.758 e. The number of carbonyl (C=O) groups is 2. The molecule has 1 aromatic carbocycles. The second kappa shape index (κ2) is 8.31. The minimum Gasteiger partial charge on any atom is -0.758 e. The number of hydrogen-bond donors (Lipinski definition) is 1. The summed E-state index contributed by atoms with van der Waals surface area (Å²) in [6, 6.07) is 5.38. The number of carboxylic acid groups (broad SMARTS) is 1.